The van der Waals surface area contributed by atoms with Crippen LogP contribution in [0.3, 0.4) is 0 Å². The minimum atomic E-state index is 0.535. The number of aromatic nitrogens is 2. The summed E-state index contributed by atoms with van der Waals surface area (Å²) in [6.07, 6.45) is 6.57. The van der Waals surface area contributed by atoms with Crippen molar-refractivity contribution < 1.29 is 0 Å². The summed E-state index contributed by atoms with van der Waals surface area (Å²) in [5, 5.41) is 5.18. The monoisotopic (exact) mass is 321 g/mol. The van der Waals surface area contributed by atoms with Crippen LogP contribution in [-0.4, -0.2) is 23.1 Å². The molecule has 1 unspecified atom stereocenters. The fourth-order valence-electron chi connectivity index (χ4n) is 2.80. The molecule has 0 aliphatic heterocycles. The van der Waals surface area contributed by atoms with Crippen LogP contribution in [0, 0.1) is 0 Å². The van der Waals surface area contributed by atoms with Crippen molar-refractivity contribution in [2.24, 2.45) is 0 Å². The summed E-state index contributed by atoms with van der Waals surface area (Å²) < 4.78 is 0. The molecule has 1 aliphatic carbocycles. The molecule has 2 aromatic heterocycles. The van der Waals surface area contributed by atoms with Gasteiger partial charge in [0.2, 0.25) is 0 Å². The highest BCUT2D eigenvalue weighted by Gasteiger charge is 2.25. The van der Waals surface area contributed by atoms with E-state index in [4.69, 9.17) is 16.6 Å². The lowest BCUT2D eigenvalue weighted by molar-refractivity contribution is 0.502. The first-order valence-corrected chi connectivity index (χ1v) is 8.80. The lowest BCUT2D eigenvalue weighted by atomic mass is 9.91. The molecule has 3 nitrogen and oxygen atoms in total. The summed E-state index contributed by atoms with van der Waals surface area (Å²) in [4.78, 5) is 10.7. The zero-order valence-electron chi connectivity index (χ0n) is 12.2. The molecule has 0 amide bonds. The van der Waals surface area contributed by atoms with Crippen LogP contribution >= 0.6 is 22.9 Å². The summed E-state index contributed by atoms with van der Waals surface area (Å²) in [7, 11) is 0. The van der Waals surface area contributed by atoms with E-state index in [1.165, 1.54) is 29.8 Å². The van der Waals surface area contributed by atoms with Crippen molar-refractivity contribution in [3.05, 3.63) is 33.9 Å². The molecule has 1 aliphatic rings. The van der Waals surface area contributed by atoms with Crippen molar-refractivity contribution in [1.82, 2.24) is 15.3 Å². The molecule has 1 atom stereocenters. The maximum absolute atomic E-state index is 6.25. The Hall–Kier alpha value is -0.970. The van der Waals surface area contributed by atoms with Crippen LogP contribution in [0.5, 0.6) is 0 Å². The lowest BCUT2D eigenvalue weighted by Gasteiger charge is -2.21. The van der Waals surface area contributed by atoms with Crippen LogP contribution in [0.25, 0.3) is 10.7 Å². The van der Waals surface area contributed by atoms with E-state index in [9.17, 15) is 0 Å². The molecular formula is C16H20ClN3S. The zero-order chi connectivity index (χ0) is 14.7. The highest BCUT2D eigenvalue weighted by atomic mass is 35.5. The molecule has 0 saturated heterocycles. The largest absolute Gasteiger partial charge is 0.316 e. The minimum absolute atomic E-state index is 0.535. The number of nitrogens with one attached hydrogen (secondary N) is 1. The number of nitrogens with zero attached hydrogens (tertiary/aromatic N) is 2. The topological polar surface area (TPSA) is 37.8 Å². The molecule has 2 aromatic rings. The number of fused-ring (bicyclic) bond motifs is 1. The zero-order valence-corrected chi connectivity index (χ0v) is 13.8. The number of aryl methyl sites for hydroxylation is 1. The Labute approximate surface area is 134 Å². The van der Waals surface area contributed by atoms with Crippen molar-refractivity contribution in [2.45, 2.75) is 38.5 Å². The maximum atomic E-state index is 6.25. The van der Waals surface area contributed by atoms with Crippen molar-refractivity contribution >= 4 is 22.9 Å². The van der Waals surface area contributed by atoms with Gasteiger partial charge in [0.15, 0.2) is 0 Å². The van der Waals surface area contributed by atoms with E-state index in [-0.39, 0.29) is 0 Å². The first kappa shape index (κ1) is 14.9. The second-order valence-corrected chi connectivity index (χ2v) is 6.95. The average molecular weight is 322 g/mol. The number of hydrogen-bond donors (Lipinski definition) is 1. The number of pyridine rings is 1. The van der Waals surface area contributed by atoms with Gasteiger partial charge in [-0.25, -0.2) is 4.98 Å². The molecule has 5 heteroatoms. The molecular weight excluding hydrogens is 302 g/mol. The van der Waals surface area contributed by atoms with E-state index >= 15 is 0 Å². The van der Waals surface area contributed by atoms with Crippen LogP contribution in [0.2, 0.25) is 5.02 Å². The van der Waals surface area contributed by atoms with Crippen LogP contribution < -0.4 is 5.32 Å². The van der Waals surface area contributed by atoms with Gasteiger partial charge in [-0.3, -0.25) is 4.98 Å². The van der Waals surface area contributed by atoms with Crippen molar-refractivity contribution in [3.8, 4) is 10.7 Å². The molecule has 0 fully saturated rings. The molecule has 0 saturated carbocycles. The molecule has 112 valence electrons. The third-order valence-corrected chi connectivity index (χ3v) is 5.29. The predicted octanol–water partition coefficient (Wildman–Crippen LogP) is 4.28. The fourth-order valence-corrected chi connectivity index (χ4v) is 4.27. The SMILES string of the molecule is CCCNCC1CCCc2sc(-c3ncccc3Cl)nc21. The Morgan fingerprint density at radius 1 is 1.48 bits per heavy atom. The normalized spacial score (nSPS) is 17.7. The van der Waals surface area contributed by atoms with E-state index in [1.54, 1.807) is 17.5 Å². The van der Waals surface area contributed by atoms with E-state index in [2.05, 4.69) is 17.2 Å². The second kappa shape index (κ2) is 6.86. The average Bonchev–Trinajstić information content (AvgIpc) is 2.92. The Balaban J connectivity index is 1.86. The summed E-state index contributed by atoms with van der Waals surface area (Å²) in [5.41, 5.74) is 2.09. The van der Waals surface area contributed by atoms with Crippen LogP contribution in [-0.2, 0) is 6.42 Å². The summed E-state index contributed by atoms with van der Waals surface area (Å²) in [6.45, 7) is 4.30. The van der Waals surface area contributed by atoms with Crippen LogP contribution in [0.4, 0.5) is 0 Å². The fraction of sp³-hybridized carbons (Fsp3) is 0.500. The molecule has 0 bridgehead atoms. The Kier molecular flexibility index (Phi) is 4.88. The van der Waals surface area contributed by atoms with E-state index in [1.807, 2.05) is 12.1 Å². The lowest BCUT2D eigenvalue weighted by Crippen LogP contribution is -2.24. The first-order valence-electron chi connectivity index (χ1n) is 7.60. The van der Waals surface area contributed by atoms with Crippen molar-refractivity contribution in [1.29, 1.82) is 0 Å². The van der Waals surface area contributed by atoms with Crippen LogP contribution in [0.15, 0.2) is 18.3 Å². The minimum Gasteiger partial charge on any atom is -0.316 e. The molecule has 1 N–H and O–H groups in total. The third-order valence-electron chi connectivity index (χ3n) is 3.85. The quantitative estimate of drug-likeness (QED) is 0.835. The molecule has 0 radical (unpaired) electrons. The molecule has 3 rings (SSSR count). The highest BCUT2D eigenvalue weighted by molar-refractivity contribution is 7.15. The van der Waals surface area contributed by atoms with Gasteiger partial charge < -0.3 is 5.32 Å². The Morgan fingerprint density at radius 2 is 2.38 bits per heavy atom. The van der Waals surface area contributed by atoms with E-state index in [0.717, 1.165) is 30.2 Å². The predicted molar refractivity (Wildman–Crippen MR) is 89.2 cm³/mol. The van der Waals surface area contributed by atoms with Crippen molar-refractivity contribution in [3.63, 3.8) is 0 Å². The van der Waals surface area contributed by atoms with Gasteiger partial charge >= 0.3 is 0 Å². The van der Waals surface area contributed by atoms with Crippen LogP contribution in [0.1, 0.15) is 42.7 Å². The van der Waals surface area contributed by atoms with E-state index in [0.29, 0.717) is 10.9 Å². The van der Waals surface area contributed by atoms with E-state index < -0.39 is 0 Å². The Bertz CT molecular complexity index is 611. The summed E-state index contributed by atoms with van der Waals surface area (Å²) in [6, 6.07) is 3.74. The molecule has 21 heavy (non-hydrogen) atoms. The van der Waals surface area contributed by atoms with Gasteiger partial charge in [0, 0.05) is 23.5 Å². The summed E-state index contributed by atoms with van der Waals surface area (Å²) >= 11 is 8.01. The van der Waals surface area contributed by atoms with Gasteiger partial charge in [-0.05, 0) is 44.4 Å². The molecule has 0 aromatic carbocycles. The van der Waals surface area contributed by atoms with Gasteiger partial charge in [0.1, 0.15) is 10.7 Å². The first-order chi connectivity index (χ1) is 10.3. The Morgan fingerprint density at radius 3 is 3.19 bits per heavy atom. The van der Waals surface area contributed by atoms with Crippen molar-refractivity contribution in [2.75, 3.05) is 13.1 Å². The molecule has 2 heterocycles. The maximum Gasteiger partial charge on any atom is 0.143 e. The van der Waals surface area contributed by atoms with Gasteiger partial charge in [-0.1, -0.05) is 18.5 Å². The number of halogens is 1. The van der Waals surface area contributed by atoms with Gasteiger partial charge in [0.25, 0.3) is 0 Å². The third kappa shape index (κ3) is 3.28. The van der Waals surface area contributed by atoms with Gasteiger partial charge in [0.05, 0.1) is 10.7 Å². The number of rotatable bonds is 5. The number of thiazole rings is 1. The second-order valence-electron chi connectivity index (χ2n) is 5.45. The summed E-state index contributed by atoms with van der Waals surface area (Å²) in [5.74, 6) is 0.535. The standard InChI is InChI=1S/C16H20ClN3S/c1-2-8-18-10-11-5-3-7-13-14(11)20-16(21-13)15-12(17)6-4-9-19-15/h4,6,9,11,18H,2-3,5,7-8,10H2,1H3. The highest BCUT2D eigenvalue weighted by Crippen LogP contribution is 2.38. The van der Waals surface area contributed by atoms with Gasteiger partial charge in [-0.15, -0.1) is 11.3 Å². The molecule has 0 spiro atoms. The smallest absolute Gasteiger partial charge is 0.143 e. The van der Waals surface area contributed by atoms with Gasteiger partial charge in [-0.2, -0.15) is 0 Å². The number of hydrogen-bond acceptors (Lipinski definition) is 4.